The number of aromatic nitrogens is 2. The number of hydrogen-bond acceptors (Lipinski definition) is 3. The van der Waals surface area contributed by atoms with Crippen molar-refractivity contribution in [3.63, 3.8) is 0 Å². The molecule has 0 bridgehead atoms. The van der Waals surface area contributed by atoms with Crippen LogP contribution in [0.15, 0.2) is 4.52 Å². The van der Waals surface area contributed by atoms with Crippen molar-refractivity contribution in [2.24, 2.45) is 0 Å². The molecule has 0 atom stereocenters. The van der Waals surface area contributed by atoms with Gasteiger partial charge in [0.05, 0.1) is 5.89 Å². The van der Waals surface area contributed by atoms with Gasteiger partial charge in [-0.15, -0.1) is 0 Å². The Morgan fingerprint density at radius 2 is 2.43 bits per heavy atom. The van der Waals surface area contributed by atoms with Crippen LogP contribution in [0, 0.1) is 13.3 Å². The summed E-state index contributed by atoms with van der Waals surface area (Å²) < 4.78 is 4.42. The molecule has 0 aliphatic rings. The first-order valence-corrected chi connectivity index (χ1v) is 1.56. The summed E-state index contributed by atoms with van der Waals surface area (Å²) in [4.78, 5) is 3.51. The van der Waals surface area contributed by atoms with E-state index in [4.69, 9.17) is 0 Å². The summed E-state index contributed by atoms with van der Waals surface area (Å²) in [6.07, 6.45) is 2.26. The first-order chi connectivity index (χ1) is 2.89. The standard InChI is InChI=1S/C3H3N2O.Y/c1-3-4-2-5-6-3;/h1H3;/q-1;. The Balaban J connectivity index is 0.000000360. The van der Waals surface area contributed by atoms with Crippen molar-refractivity contribution in [3.05, 3.63) is 12.2 Å². The van der Waals surface area contributed by atoms with Crippen LogP contribution in [0.25, 0.3) is 0 Å². The Labute approximate surface area is 66.4 Å². The first-order valence-electron chi connectivity index (χ1n) is 1.56. The van der Waals surface area contributed by atoms with E-state index in [9.17, 15) is 0 Å². The Bertz CT molecular complexity index is 116. The molecule has 0 spiro atoms. The molecule has 1 rings (SSSR count). The van der Waals surface area contributed by atoms with E-state index in [2.05, 4.69) is 21.0 Å². The molecule has 0 saturated carbocycles. The maximum absolute atomic E-state index is 4.42. The maximum atomic E-state index is 4.42. The van der Waals surface area contributed by atoms with Gasteiger partial charge in [-0.25, -0.2) is 0 Å². The fourth-order valence-corrected chi connectivity index (χ4v) is 0.198. The van der Waals surface area contributed by atoms with Gasteiger partial charge in [0.2, 0.25) is 0 Å². The number of aryl methyl sites for hydroxylation is 1. The maximum Gasteiger partial charge on any atom is 0.0645 e. The average molecular weight is 172 g/mol. The van der Waals surface area contributed by atoms with Crippen molar-refractivity contribution in [2.75, 3.05) is 0 Å². The summed E-state index contributed by atoms with van der Waals surface area (Å²) >= 11 is 0. The van der Waals surface area contributed by atoms with Gasteiger partial charge in [0, 0.05) is 32.7 Å². The van der Waals surface area contributed by atoms with Crippen LogP contribution in [0.4, 0.5) is 0 Å². The quantitative estimate of drug-likeness (QED) is 0.523. The number of nitrogens with zero attached hydrogens (tertiary/aromatic N) is 2. The van der Waals surface area contributed by atoms with Crippen LogP contribution in [-0.4, -0.2) is 10.1 Å². The van der Waals surface area contributed by atoms with Crippen LogP contribution in [0.1, 0.15) is 5.89 Å². The topological polar surface area (TPSA) is 38.9 Å². The minimum atomic E-state index is 0. The van der Waals surface area contributed by atoms with E-state index in [1.54, 1.807) is 6.92 Å². The molecule has 0 amide bonds. The van der Waals surface area contributed by atoms with E-state index in [0.29, 0.717) is 5.89 Å². The van der Waals surface area contributed by atoms with Gasteiger partial charge in [-0.1, -0.05) is 6.92 Å². The van der Waals surface area contributed by atoms with E-state index in [0.717, 1.165) is 0 Å². The van der Waals surface area contributed by atoms with Crippen molar-refractivity contribution in [3.8, 4) is 0 Å². The van der Waals surface area contributed by atoms with Crippen molar-refractivity contribution in [1.29, 1.82) is 0 Å². The summed E-state index contributed by atoms with van der Waals surface area (Å²) in [5.74, 6) is 0.551. The predicted octanol–water partition coefficient (Wildman–Crippen LogP) is 0.176. The second-order valence-electron chi connectivity index (χ2n) is 0.913. The van der Waals surface area contributed by atoms with E-state index in [1.165, 1.54) is 0 Å². The molecule has 0 saturated heterocycles. The minimum Gasteiger partial charge on any atom is -0.450 e. The van der Waals surface area contributed by atoms with Gasteiger partial charge in [-0.05, 0) is 6.33 Å². The van der Waals surface area contributed by atoms with Crippen molar-refractivity contribution in [2.45, 2.75) is 6.92 Å². The van der Waals surface area contributed by atoms with Gasteiger partial charge < -0.3 is 9.51 Å². The second-order valence-corrected chi connectivity index (χ2v) is 0.913. The van der Waals surface area contributed by atoms with E-state index >= 15 is 0 Å². The second kappa shape index (κ2) is 3.27. The molecule has 1 aromatic heterocycles. The summed E-state index contributed by atoms with van der Waals surface area (Å²) in [6, 6.07) is 0. The molecule has 4 heteroatoms. The first kappa shape index (κ1) is 7.24. The minimum absolute atomic E-state index is 0. The molecule has 1 aromatic rings. The third kappa shape index (κ3) is 2.14. The smallest absolute Gasteiger partial charge is 0.0645 e. The molecule has 0 aliphatic carbocycles. The van der Waals surface area contributed by atoms with Crippen molar-refractivity contribution < 1.29 is 37.2 Å². The molecule has 0 unspecified atom stereocenters. The molecule has 0 fully saturated rings. The fourth-order valence-electron chi connectivity index (χ4n) is 0.198. The van der Waals surface area contributed by atoms with Gasteiger partial charge in [-0.2, -0.15) is 5.16 Å². The number of hydrogen-bond donors (Lipinski definition) is 0. The molecule has 1 radical (unpaired) electrons. The third-order valence-corrected chi connectivity index (χ3v) is 0.426. The summed E-state index contributed by atoms with van der Waals surface area (Å²) in [7, 11) is 0. The van der Waals surface area contributed by atoms with E-state index in [1.807, 2.05) is 0 Å². The average Bonchev–Trinajstić information content (AvgIpc) is 1.86. The monoisotopic (exact) mass is 172 g/mol. The van der Waals surface area contributed by atoms with Crippen molar-refractivity contribution >= 4 is 0 Å². The molecule has 0 N–H and O–H groups in total. The molecule has 0 aromatic carbocycles. The van der Waals surface area contributed by atoms with Crippen molar-refractivity contribution in [1.82, 2.24) is 10.1 Å². The molecule has 3 nitrogen and oxygen atoms in total. The Morgan fingerprint density at radius 1 is 1.71 bits per heavy atom. The van der Waals surface area contributed by atoms with Gasteiger partial charge >= 0.3 is 0 Å². The molecule has 1 heterocycles. The van der Waals surface area contributed by atoms with Gasteiger partial charge in [0.25, 0.3) is 0 Å². The van der Waals surface area contributed by atoms with Crippen LogP contribution in [0.2, 0.25) is 0 Å². The summed E-state index contributed by atoms with van der Waals surface area (Å²) in [5, 5.41) is 3.21. The van der Waals surface area contributed by atoms with Crippen LogP contribution in [0.5, 0.6) is 0 Å². The zero-order chi connectivity index (χ0) is 4.41. The molecule has 35 valence electrons. The largest absolute Gasteiger partial charge is 0.450 e. The molecular formula is C3H3N2OY-. The summed E-state index contributed by atoms with van der Waals surface area (Å²) in [6.45, 7) is 1.71. The Kier molecular flexibility index (Phi) is 3.39. The zero-order valence-electron chi connectivity index (χ0n) is 3.88. The predicted molar refractivity (Wildman–Crippen MR) is 17.9 cm³/mol. The van der Waals surface area contributed by atoms with Gasteiger partial charge in [-0.3, -0.25) is 0 Å². The molecular weight excluding hydrogens is 169 g/mol. The Morgan fingerprint density at radius 3 is 2.57 bits per heavy atom. The third-order valence-electron chi connectivity index (χ3n) is 0.426. The van der Waals surface area contributed by atoms with Gasteiger partial charge in [0.15, 0.2) is 0 Å². The van der Waals surface area contributed by atoms with Crippen LogP contribution in [-0.2, 0) is 32.7 Å². The number of rotatable bonds is 0. The molecule has 7 heavy (non-hydrogen) atoms. The van der Waals surface area contributed by atoms with E-state index in [-0.39, 0.29) is 32.7 Å². The zero-order valence-corrected chi connectivity index (χ0v) is 6.72. The van der Waals surface area contributed by atoms with Gasteiger partial charge in [0.1, 0.15) is 0 Å². The SMILES string of the molecule is Cc1n[c-]no1.[Y]. The summed E-state index contributed by atoms with van der Waals surface area (Å²) in [5.41, 5.74) is 0. The van der Waals surface area contributed by atoms with Crippen LogP contribution in [0.3, 0.4) is 0 Å². The van der Waals surface area contributed by atoms with Crippen LogP contribution < -0.4 is 0 Å². The van der Waals surface area contributed by atoms with Crippen LogP contribution >= 0.6 is 0 Å². The molecule has 0 aliphatic heterocycles. The fraction of sp³-hybridized carbons (Fsp3) is 0.333. The normalized spacial score (nSPS) is 7.57. The van der Waals surface area contributed by atoms with E-state index < -0.39 is 0 Å². The Hall–Kier alpha value is 0.244.